The second-order valence-electron chi connectivity index (χ2n) is 5.86. The number of ether oxygens (including phenoxy) is 1. The van der Waals surface area contributed by atoms with Crippen LogP contribution in [-0.2, 0) is 4.79 Å². The van der Waals surface area contributed by atoms with Crippen LogP contribution in [0.4, 0.5) is 10.5 Å². The van der Waals surface area contributed by atoms with E-state index in [0.29, 0.717) is 38.3 Å². The third kappa shape index (κ3) is 3.86. The average Bonchev–Trinajstić information content (AvgIpc) is 2.61. The summed E-state index contributed by atoms with van der Waals surface area (Å²) in [5, 5.41) is 8.86. The van der Waals surface area contributed by atoms with Gasteiger partial charge in [-0.25, -0.2) is 4.79 Å². The summed E-state index contributed by atoms with van der Waals surface area (Å²) in [6, 6.07) is 10.8. The van der Waals surface area contributed by atoms with E-state index < -0.39 is 18.0 Å². The highest BCUT2D eigenvalue weighted by molar-refractivity contribution is 6.36. The first-order chi connectivity index (χ1) is 12.9. The summed E-state index contributed by atoms with van der Waals surface area (Å²) in [7, 11) is 1.52. The smallest absolute Gasteiger partial charge is 0.319 e. The molecule has 0 aliphatic carbocycles. The van der Waals surface area contributed by atoms with Crippen LogP contribution in [0.1, 0.15) is 18.5 Å². The van der Waals surface area contributed by atoms with Gasteiger partial charge in [-0.1, -0.05) is 41.4 Å². The molecule has 0 radical (unpaired) electrons. The minimum absolute atomic E-state index is 0.301. The Hall–Kier alpha value is -2.70. The summed E-state index contributed by atoms with van der Waals surface area (Å²) in [5.41, 5.74) is 1.68. The van der Waals surface area contributed by atoms with Gasteiger partial charge in [0, 0.05) is 21.3 Å². The standard InChI is InChI=1S/C19H17Cl2N3O3/c1-10-15(18(25)23-13-8-3-4-9-14(13)27-2)17(24-19(26)22-10)16-11(20)6-5-7-12(16)21/h3-9,17H,1-2H3,(H,23,25)(H2,22,24,26). The fourth-order valence-corrected chi connectivity index (χ4v) is 3.55. The summed E-state index contributed by atoms with van der Waals surface area (Å²) in [4.78, 5) is 25.1. The molecule has 0 spiro atoms. The molecule has 3 rings (SSSR count). The topological polar surface area (TPSA) is 79.5 Å². The minimum Gasteiger partial charge on any atom is -0.495 e. The fourth-order valence-electron chi connectivity index (χ4n) is 2.94. The number of carbonyl (C=O) groups is 2. The van der Waals surface area contributed by atoms with Gasteiger partial charge in [0.15, 0.2) is 0 Å². The molecule has 8 heteroatoms. The zero-order valence-electron chi connectivity index (χ0n) is 14.6. The van der Waals surface area contributed by atoms with E-state index in [0.717, 1.165) is 0 Å². The summed E-state index contributed by atoms with van der Waals surface area (Å²) < 4.78 is 5.27. The molecular weight excluding hydrogens is 389 g/mol. The molecule has 1 aliphatic rings. The number of carbonyl (C=O) groups excluding carboxylic acids is 2. The predicted octanol–water partition coefficient (Wildman–Crippen LogP) is 4.27. The highest BCUT2D eigenvalue weighted by Gasteiger charge is 2.34. The van der Waals surface area contributed by atoms with E-state index in [1.54, 1.807) is 49.4 Å². The Morgan fingerprint density at radius 1 is 1.11 bits per heavy atom. The van der Waals surface area contributed by atoms with Crippen molar-refractivity contribution in [2.75, 3.05) is 12.4 Å². The lowest BCUT2D eigenvalue weighted by Crippen LogP contribution is -2.46. The van der Waals surface area contributed by atoms with Crippen molar-refractivity contribution in [3.05, 3.63) is 69.3 Å². The van der Waals surface area contributed by atoms with E-state index in [2.05, 4.69) is 16.0 Å². The van der Waals surface area contributed by atoms with Gasteiger partial charge in [-0.3, -0.25) is 4.79 Å². The molecule has 1 atom stereocenters. The van der Waals surface area contributed by atoms with Gasteiger partial charge in [0.2, 0.25) is 0 Å². The molecule has 0 bridgehead atoms. The van der Waals surface area contributed by atoms with Gasteiger partial charge < -0.3 is 20.7 Å². The lowest BCUT2D eigenvalue weighted by atomic mass is 9.94. The average molecular weight is 406 g/mol. The van der Waals surface area contributed by atoms with E-state index in [9.17, 15) is 9.59 Å². The first-order valence-electron chi connectivity index (χ1n) is 8.09. The molecule has 27 heavy (non-hydrogen) atoms. The third-order valence-electron chi connectivity index (χ3n) is 4.16. The Morgan fingerprint density at radius 2 is 1.78 bits per heavy atom. The number of benzene rings is 2. The molecule has 0 aromatic heterocycles. The van der Waals surface area contributed by atoms with Crippen LogP contribution >= 0.6 is 23.2 Å². The largest absolute Gasteiger partial charge is 0.495 e. The van der Waals surface area contributed by atoms with Crippen molar-refractivity contribution < 1.29 is 14.3 Å². The molecule has 1 unspecified atom stereocenters. The number of amides is 3. The van der Waals surface area contributed by atoms with E-state index >= 15 is 0 Å². The lowest BCUT2D eigenvalue weighted by Gasteiger charge is -2.29. The molecule has 3 amide bonds. The van der Waals surface area contributed by atoms with Crippen molar-refractivity contribution in [3.8, 4) is 5.75 Å². The molecular formula is C19H17Cl2N3O3. The number of nitrogens with one attached hydrogen (secondary N) is 3. The zero-order chi connectivity index (χ0) is 19.6. The zero-order valence-corrected chi connectivity index (χ0v) is 16.1. The van der Waals surface area contributed by atoms with E-state index in [4.69, 9.17) is 27.9 Å². The van der Waals surface area contributed by atoms with Crippen LogP contribution in [0, 0.1) is 0 Å². The summed E-state index contributed by atoms with van der Waals surface area (Å²) >= 11 is 12.6. The molecule has 0 saturated heterocycles. The number of para-hydroxylation sites is 2. The van der Waals surface area contributed by atoms with E-state index in [1.165, 1.54) is 7.11 Å². The molecule has 6 nitrogen and oxygen atoms in total. The first-order valence-corrected chi connectivity index (χ1v) is 8.84. The van der Waals surface area contributed by atoms with Crippen LogP contribution in [-0.4, -0.2) is 19.0 Å². The van der Waals surface area contributed by atoms with Crippen LogP contribution in [0.2, 0.25) is 10.0 Å². The number of allylic oxidation sites excluding steroid dienone is 1. The van der Waals surface area contributed by atoms with Gasteiger partial charge in [-0.15, -0.1) is 0 Å². The number of hydrogen-bond donors (Lipinski definition) is 3. The van der Waals surface area contributed by atoms with Crippen molar-refractivity contribution in [1.82, 2.24) is 10.6 Å². The van der Waals surface area contributed by atoms with Gasteiger partial charge in [0.25, 0.3) is 5.91 Å². The van der Waals surface area contributed by atoms with E-state index in [-0.39, 0.29) is 0 Å². The first kappa shape index (κ1) is 19.1. The maximum Gasteiger partial charge on any atom is 0.319 e. The number of anilines is 1. The normalized spacial score (nSPS) is 16.4. The Bertz CT molecular complexity index is 923. The molecule has 1 aliphatic heterocycles. The van der Waals surface area contributed by atoms with Gasteiger partial charge >= 0.3 is 6.03 Å². The minimum atomic E-state index is -0.797. The Labute approximate surface area is 166 Å². The van der Waals surface area contributed by atoms with Gasteiger partial charge in [-0.2, -0.15) is 0 Å². The predicted molar refractivity (Wildman–Crippen MR) is 105 cm³/mol. The molecule has 2 aromatic rings. The number of rotatable bonds is 4. The second kappa shape index (κ2) is 7.90. The van der Waals surface area contributed by atoms with Crippen molar-refractivity contribution >= 4 is 40.8 Å². The molecule has 0 fully saturated rings. The molecule has 2 aromatic carbocycles. The van der Waals surface area contributed by atoms with Crippen molar-refractivity contribution in [2.45, 2.75) is 13.0 Å². The van der Waals surface area contributed by atoms with Crippen molar-refractivity contribution in [2.24, 2.45) is 0 Å². The second-order valence-corrected chi connectivity index (χ2v) is 6.67. The number of methoxy groups -OCH3 is 1. The van der Waals surface area contributed by atoms with Crippen LogP contribution < -0.4 is 20.7 Å². The number of halogens is 2. The van der Waals surface area contributed by atoms with Gasteiger partial charge in [0.1, 0.15) is 5.75 Å². The Kier molecular flexibility index (Phi) is 5.58. The molecule has 3 N–H and O–H groups in total. The highest BCUT2D eigenvalue weighted by atomic mass is 35.5. The number of hydrogen-bond acceptors (Lipinski definition) is 3. The van der Waals surface area contributed by atoms with E-state index in [1.807, 2.05) is 0 Å². The van der Waals surface area contributed by atoms with Crippen LogP contribution in [0.5, 0.6) is 5.75 Å². The summed E-state index contributed by atoms with van der Waals surface area (Å²) in [6.07, 6.45) is 0. The molecule has 0 saturated carbocycles. The van der Waals surface area contributed by atoms with Crippen molar-refractivity contribution in [3.63, 3.8) is 0 Å². The third-order valence-corrected chi connectivity index (χ3v) is 4.82. The SMILES string of the molecule is COc1ccccc1NC(=O)C1=C(C)NC(=O)NC1c1c(Cl)cccc1Cl. The van der Waals surface area contributed by atoms with Crippen LogP contribution in [0.15, 0.2) is 53.7 Å². The maximum atomic E-state index is 13.1. The van der Waals surface area contributed by atoms with Crippen molar-refractivity contribution in [1.29, 1.82) is 0 Å². The summed E-state index contributed by atoms with van der Waals surface area (Å²) in [6.45, 7) is 1.65. The monoisotopic (exact) mass is 405 g/mol. The maximum absolute atomic E-state index is 13.1. The number of urea groups is 1. The van der Waals surface area contributed by atoms with Gasteiger partial charge in [0.05, 0.1) is 24.4 Å². The Balaban J connectivity index is 2.03. The Morgan fingerprint density at radius 3 is 2.44 bits per heavy atom. The fraction of sp³-hybridized carbons (Fsp3) is 0.158. The van der Waals surface area contributed by atoms with Gasteiger partial charge in [-0.05, 0) is 31.2 Å². The molecule has 140 valence electrons. The highest BCUT2D eigenvalue weighted by Crippen LogP contribution is 2.37. The van der Waals surface area contributed by atoms with Crippen LogP contribution in [0.3, 0.4) is 0 Å². The quantitative estimate of drug-likeness (QED) is 0.710. The molecule has 1 heterocycles. The van der Waals surface area contributed by atoms with Crippen LogP contribution in [0.25, 0.3) is 0 Å². The summed E-state index contributed by atoms with van der Waals surface area (Å²) in [5.74, 6) is 0.106. The lowest BCUT2D eigenvalue weighted by molar-refractivity contribution is -0.113.